The second-order valence-corrected chi connectivity index (χ2v) is 6.14. The standard InChI is InChI=1S/C14H17N3O2S/c18-13(16-7-11-3-1-2-6-15-11)12-8-20-9-17(12)14(19)10-4-5-10/h1-3,6,10,12H,4-5,7-9H2,(H,16,18)/t12-/m0/s1. The number of rotatable bonds is 4. The van der Waals surface area contributed by atoms with Crippen molar-refractivity contribution in [1.29, 1.82) is 0 Å². The summed E-state index contributed by atoms with van der Waals surface area (Å²) in [6, 6.07) is 5.28. The Balaban J connectivity index is 1.57. The van der Waals surface area contributed by atoms with Gasteiger partial charge in [0.2, 0.25) is 11.8 Å². The van der Waals surface area contributed by atoms with Crippen LogP contribution in [0.15, 0.2) is 24.4 Å². The normalized spacial score (nSPS) is 21.8. The first kappa shape index (κ1) is 13.4. The summed E-state index contributed by atoms with van der Waals surface area (Å²) in [4.78, 5) is 30.2. The lowest BCUT2D eigenvalue weighted by Gasteiger charge is -2.23. The van der Waals surface area contributed by atoms with E-state index < -0.39 is 0 Å². The minimum absolute atomic E-state index is 0.0744. The fourth-order valence-corrected chi connectivity index (χ4v) is 3.40. The smallest absolute Gasteiger partial charge is 0.244 e. The van der Waals surface area contributed by atoms with Crippen LogP contribution in [0.3, 0.4) is 0 Å². The molecular weight excluding hydrogens is 274 g/mol. The molecule has 2 aliphatic rings. The number of pyridine rings is 1. The summed E-state index contributed by atoms with van der Waals surface area (Å²) in [5, 5.41) is 2.88. The molecular formula is C14H17N3O2S. The molecule has 2 fully saturated rings. The van der Waals surface area contributed by atoms with Gasteiger partial charge in [-0.25, -0.2) is 0 Å². The third kappa shape index (κ3) is 2.95. The molecule has 3 rings (SSSR count). The topological polar surface area (TPSA) is 62.3 Å². The fourth-order valence-electron chi connectivity index (χ4n) is 2.24. The number of nitrogens with one attached hydrogen (secondary N) is 1. The Bertz CT molecular complexity index is 504. The first-order chi connectivity index (χ1) is 9.75. The molecule has 1 aromatic heterocycles. The van der Waals surface area contributed by atoms with Gasteiger partial charge in [0.15, 0.2) is 0 Å². The molecule has 0 bridgehead atoms. The number of thioether (sulfide) groups is 1. The highest BCUT2D eigenvalue weighted by molar-refractivity contribution is 7.99. The third-order valence-electron chi connectivity index (χ3n) is 3.56. The highest BCUT2D eigenvalue weighted by Crippen LogP contribution is 2.34. The highest BCUT2D eigenvalue weighted by atomic mass is 32.2. The lowest BCUT2D eigenvalue weighted by molar-refractivity contribution is -0.139. The lowest BCUT2D eigenvalue weighted by Crippen LogP contribution is -2.47. The Hall–Kier alpha value is -1.56. The van der Waals surface area contributed by atoms with Crippen molar-refractivity contribution >= 4 is 23.6 Å². The Morgan fingerprint density at radius 1 is 1.40 bits per heavy atom. The van der Waals surface area contributed by atoms with Crippen LogP contribution < -0.4 is 5.32 Å². The van der Waals surface area contributed by atoms with E-state index in [0.717, 1.165) is 18.5 Å². The van der Waals surface area contributed by atoms with E-state index in [4.69, 9.17) is 0 Å². The molecule has 1 aliphatic carbocycles. The van der Waals surface area contributed by atoms with Gasteiger partial charge in [-0.1, -0.05) is 6.07 Å². The Morgan fingerprint density at radius 2 is 2.25 bits per heavy atom. The Morgan fingerprint density at radius 3 is 2.95 bits per heavy atom. The van der Waals surface area contributed by atoms with Crippen LogP contribution in [0.4, 0.5) is 0 Å². The molecule has 0 aromatic carbocycles. The zero-order valence-corrected chi connectivity index (χ0v) is 11.9. The van der Waals surface area contributed by atoms with Gasteiger partial charge in [0.1, 0.15) is 6.04 Å². The van der Waals surface area contributed by atoms with Crippen LogP contribution in [0.5, 0.6) is 0 Å². The summed E-state index contributed by atoms with van der Waals surface area (Å²) >= 11 is 1.64. The van der Waals surface area contributed by atoms with Crippen molar-refractivity contribution < 1.29 is 9.59 Å². The minimum Gasteiger partial charge on any atom is -0.349 e. The quantitative estimate of drug-likeness (QED) is 0.899. The fraction of sp³-hybridized carbons (Fsp3) is 0.500. The SMILES string of the molecule is O=C(NCc1ccccn1)[C@@H]1CSCN1C(=O)C1CC1. The summed E-state index contributed by atoms with van der Waals surface area (Å²) in [5.41, 5.74) is 0.826. The number of aromatic nitrogens is 1. The zero-order valence-electron chi connectivity index (χ0n) is 11.1. The van der Waals surface area contributed by atoms with Gasteiger partial charge in [0.05, 0.1) is 18.1 Å². The van der Waals surface area contributed by atoms with Gasteiger partial charge in [-0.15, -0.1) is 11.8 Å². The van der Waals surface area contributed by atoms with Crippen LogP contribution in [-0.4, -0.2) is 39.4 Å². The van der Waals surface area contributed by atoms with Crippen LogP contribution >= 0.6 is 11.8 Å². The molecule has 5 nitrogen and oxygen atoms in total. The van der Waals surface area contributed by atoms with Crippen LogP contribution in [0, 0.1) is 5.92 Å². The van der Waals surface area contributed by atoms with Crippen molar-refractivity contribution in [3.8, 4) is 0 Å². The number of carbonyl (C=O) groups is 2. The Kier molecular flexibility index (Phi) is 3.91. The van der Waals surface area contributed by atoms with Crippen LogP contribution in [-0.2, 0) is 16.1 Å². The van der Waals surface area contributed by atoms with Crippen LogP contribution in [0.25, 0.3) is 0 Å². The molecule has 0 spiro atoms. The molecule has 0 unspecified atom stereocenters. The van der Waals surface area contributed by atoms with Gasteiger partial charge < -0.3 is 10.2 Å². The predicted octanol–water partition coefficient (Wildman–Crippen LogP) is 1.01. The lowest BCUT2D eigenvalue weighted by atomic mass is 10.2. The maximum Gasteiger partial charge on any atom is 0.244 e. The summed E-state index contributed by atoms with van der Waals surface area (Å²) < 4.78 is 0. The first-order valence-corrected chi connectivity index (χ1v) is 7.97. The molecule has 2 amide bonds. The average Bonchev–Trinajstić information content (AvgIpc) is 3.22. The minimum atomic E-state index is -0.322. The summed E-state index contributed by atoms with van der Waals surface area (Å²) in [7, 11) is 0. The van der Waals surface area contributed by atoms with Gasteiger partial charge in [-0.3, -0.25) is 14.6 Å². The van der Waals surface area contributed by atoms with Gasteiger partial charge in [-0.05, 0) is 25.0 Å². The van der Waals surface area contributed by atoms with E-state index in [0.29, 0.717) is 18.2 Å². The molecule has 0 radical (unpaired) electrons. The Labute approximate surface area is 122 Å². The van der Waals surface area contributed by atoms with Crippen molar-refractivity contribution in [2.45, 2.75) is 25.4 Å². The van der Waals surface area contributed by atoms with Crippen LogP contribution in [0.2, 0.25) is 0 Å². The van der Waals surface area contributed by atoms with E-state index in [-0.39, 0.29) is 23.8 Å². The molecule has 1 saturated carbocycles. The summed E-state index contributed by atoms with van der Waals surface area (Å²) in [5.74, 6) is 1.56. The number of hydrogen-bond acceptors (Lipinski definition) is 4. The second-order valence-electron chi connectivity index (χ2n) is 5.14. The summed E-state index contributed by atoms with van der Waals surface area (Å²) in [6.45, 7) is 0.409. The van der Waals surface area contributed by atoms with Crippen molar-refractivity contribution in [2.75, 3.05) is 11.6 Å². The monoisotopic (exact) mass is 291 g/mol. The van der Waals surface area contributed by atoms with E-state index in [9.17, 15) is 9.59 Å². The van der Waals surface area contributed by atoms with E-state index >= 15 is 0 Å². The first-order valence-electron chi connectivity index (χ1n) is 6.81. The number of nitrogens with zero attached hydrogens (tertiary/aromatic N) is 2. The van der Waals surface area contributed by atoms with Gasteiger partial charge >= 0.3 is 0 Å². The average molecular weight is 291 g/mol. The predicted molar refractivity (Wildman–Crippen MR) is 76.8 cm³/mol. The zero-order chi connectivity index (χ0) is 13.9. The van der Waals surface area contributed by atoms with Gasteiger partial charge in [0, 0.05) is 17.9 Å². The molecule has 1 aromatic rings. The molecule has 106 valence electrons. The van der Waals surface area contributed by atoms with E-state index in [1.54, 1.807) is 22.9 Å². The van der Waals surface area contributed by atoms with Crippen molar-refractivity contribution in [1.82, 2.24) is 15.2 Å². The molecule has 20 heavy (non-hydrogen) atoms. The molecule has 1 aliphatic heterocycles. The maximum atomic E-state index is 12.2. The largest absolute Gasteiger partial charge is 0.349 e. The second kappa shape index (κ2) is 5.83. The van der Waals surface area contributed by atoms with Gasteiger partial charge in [0.25, 0.3) is 0 Å². The highest BCUT2D eigenvalue weighted by Gasteiger charge is 2.41. The number of hydrogen-bond donors (Lipinski definition) is 1. The number of carbonyl (C=O) groups excluding carboxylic acids is 2. The van der Waals surface area contributed by atoms with Crippen molar-refractivity contribution in [3.63, 3.8) is 0 Å². The van der Waals surface area contributed by atoms with E-state index in [1.807, 2.05) is 18.2 Å². The third-order valence-corrected chi connectivity index (χ3v) is 4.58. The molecule has 1 N–H and O–H groups in total. The van der Waals surface area contributed by atoms with Crippen LogP contribution in [0.1, 0.15) is 18.5 Å². The van der Waals surface area contributed by atoms with Gasteiger partial charge in [-0.2, -0.15) is 0 Å². The molecule has 1 atom stereocenters. The van der Waals surface area contributed by atoms with Crippen molar-refractivity contribution in [2.24, 2.45) is 5.92 Å². The van der Waals surface area contributed by atoms with E-state index in [1.165, 1.54) is 0 Å². The molecule has 1 saturated heterocycles. The maximum absolute atomic E-state index is 12.2. The summed E-state index contributed by atoms with van der Waals surface area (Å²) in [6.07, 6.45) is 3.65. The molecule has 6 heteroatoms. The van der Waals surface area contributed by atoms with Crippen molar-refractivity contribution in [3.05, 3.63) is 30.1 Å². The number of amides is 2. The molecule has 2 heterocycles. The van der Waals surface area contributed by atoms with E-state index in [2.05, 4.69) is 10.3 Å².